The zero-order valence-electron chi connectivity index (χ0n) is 13.7. The van der Waals surface area contributed by atoms with Gasteiger partial charge in [0.1, 0.15) is 11.6 Å². The highest BCUT2D eigenvalue weighted by Crippen LogP contribution is 2.35. The number of nitrogens with zero attached hydrogens (tertiary/aromatic N) is 1. The number of ether oxygens (including phenoxy) is 1. The Hall–Kier alpha value is -2.61. The van der Waals surface area contributed by atoms with Crippen LogP contribution in [0.4, 0.5) is 15.8 Å². The molecule has 0 radical (unpaired) electrons. The Morgan fingerprint density at radius 1 is 1.24 bits per heavy atom. The Balaban J connectivity index is 1.87. The van der Waals surface area contributed by atoms with E-state index in [9.17, 15) is 17.6 Å². The van der Waals surface area contributed by atoms with Gasteiger partial charge in [0.15, 0.2) is 6.10 Å². The van der Waals surface area contributed by atoms with Crippen LogP contribution in [0, 0.1) is 12.7 Å². The van der Waals surface area contributed by atoms with Crippen LogP contribution in [0.1, 0.15) is 5.56 Å². The maximum atomic E-state index is 12.9. The second-order valence-corrected chi connectivity index (χ2v) is 7.77. The highest BCUT2D eigenvalue weighted by atomic mass is 32.2. The number of carbonyl (C=O) groups is 1. The van der Waals surface area contributed by atoms with Crippen molar-refractivity contribution in [2.24, 2.45) is 0 Å². The Bertz CT molecular complexity index is 913. The van der Waals surface area contributed by atoms with Gasteiger partial charge >= 0.3 is 0 Å². The lowest BCUT2D eigenvalue weighted by Crippen LogP contribution is -2.48. The monoisotopic (exact) mass is 364 g/mol. The molecule has 1 aliphatic heterocycles. The van der Waals surface area contributed by atoms with E-state index in [1.165, 1.54) is 24.3 Å². The first-order valence-electron chi connectivity index (χ1n) is 7.55. The minimum Gasteiger partial charge on any atom is -0.476 e. The van der Waals surface area contributed by atoms with E-state index in [-0.39, 0.29) is 6.54 Å². The van der Waals surface area contributed by atoms with Crippen LogP contribution in [0.3, 0.4) is 0 Å². The molecule has 132 valence electrons. The first kappa shape index (κ1) is 17.2. The minimum atomic E-state index is -3.58. The number of aryl methyl sites for hydroxylation is 1. The van der Waals surface area contributed by atoms with Crippen LogP contribution in [0.15, 0.2) is 42.5 Å². The van der Waals surface area contributed by atoms with Crippen molar-refractivity contribution in [3.63, 3.8) is 0 Å². The van der Waals surface area contributed by atoms with Crippen molar-refractivity contribution in [3.05, 3.63) is 53.8 Å². The highest BCUT2D eigenvalue weighted by Gasteiger charge is 2.35. The lowest BCUT2D eigenvalue weighted by atomic mass is 10.1. The smallest absolute Gasteiger partial charge is 0.267 e. The van der Waals surface area contributed by atoms with E-state index in [4.69, 9.17) is 4.74 Å². The van der Waals surface area contributed by atoms with Crippen LogP contribution in [0.25, 0.3) is 0 Å². The summed E-state index contributed by atoms with van der Waals surface area (Å²) in [6.07, 6.45) is 0.0642. The molecule has 1 heterocycles. The Labute approximate surface area is 145 Å². The molecule has 0 unspecified atom stereocenters. The number of carbonyl (C=O) groups excluding carboxylic acids is 1. The van der Waals surface area contributed by atoms with Crippen molar-refractivity contribution < 1.29 is 22.3 Å². The molecule has 2 aromatic carbocycles. The van der Waals surface area contributed by atoms with Gasteiger partial charge in [-0.1, -0.05) is 6.07 Å². The SMILES string of the molecule is Cc1ccc2c(c1)N(S(C)(=O)=O)C[C@@H](C(=O)Nc1ccc(F)cc1)O2. The molecule has 0 bridgehead atoms. The third-order valence-electron chi connectivity index (χ3n) is 3.79. The Morgan fingerprint density at radius 3 is 2.56 bits per heavy atom. The Kier molecular flexibility index (Phi) is 4.38. The van der Waals surface area contributed by atoms with Gasteiger partial charge in [0.05, 0.1) is 18.5 Å². The van der Waals surface area contributed by atoms with Crippen LogP contribution in [-0.4, -0.2) is 33.2 Å². The lowest BCUT2D eigenvalue weighted by molar-refractivity contribution is -0.122. The van der Waals surface area contributed by atoms with Gasteiger partial charge in [0.25, 0.3) is 5.91 Å². The van der Waals surface area contributed by atoms with Crippen molar-refractivity contribution in [2.75, 3.05) is 22.4 Å². The van der Waals surface area contributed by atoms with E-state index in [0.29, 0.717) is 17.1 Å². The first-order valence-corrected chi connectivity index (χ1v) is 9.40. The number of halogens is 1. The zero-order valence-corrected chi connectivity index (χ0v) is 14.5. The fourth-order valence-electron chi connectivity index (χ4n) is 2.57. The van der Waals surface area contributed by atoms with Crippen molar-refractivity contribution in [1.82, 2.24) is 0 Å². The standard InChI is InChI=1S/C17H17FN2O4S/c1-11-3-8-15-14(9-11)20(25(2,22)23)10-16(24-15)17(21)19-13-6-4-12(18)5-7-13/h3-9,16H,10H2,1-2H3,(H,19,21)/t16-/m0/s1. The van der Waals surface area contributed by atoms with Gasteiger partial charge in [-0.25, -0.2) is 12.8 Å². The summed E-state index contributed by atoms with van der Waals surface area (Å²) in [5.74, 6) is -0.604. The van der Waals surface area contributed by atoms with Crippen LogP contribution >= 0.6 is 0 Å². The maximum Gasteiger partial charge on any atom is 0.267 e. The van der Waals surface area contributed by atoms with Crippen molar-refractivity contribution >= 4 is 27.3 Å². The molecule has 1 amide bonds. The molecule has 1 atom stereocenters. The second kappa shape index (κ2) is 6.36. The number of sulfonamides is 1. The molecular weight excluding hydrogens is 347 g/mol. The van der Waals surface area contributed by atoms with Gasteiger partial charge < -0.3 is 10.1 Å². The normalized spacial score (nSPS) is 16.8. The summed E-state index contributed by atoms with van der Waals surface area (Å²) in [5.41, 5.74) is 1.69. The molecule has 6 nitrogen and oxygen atoms in total. The van der Waals surface area contributed by atoms with Gasteiger partial charge in [0, 0.05) is 5.69 Å². The number of benzene rings is 2. The molecule has 2 aromatic rings. The molecule has 0 spiro atoms. The molecule has 0 aliphatic carbocycles. The topological polar surface area (TPSA) is 75.7 Å². The average molecular weight is 364 g/mol. The van der Waals surface area contributed by atoms with Gasteiger partial charge in [-0.05, 0) is 48.9 Å². The molecule has 0 saturated heterocycles. The second-order valence-electron chi connectivity index (χ2n) is 5.87. The molecule has 25 heavy (non-hydrogen) atoms. The quantitative estimate of drug-likeness (QED) is 0.907. The van der Waals surface area contributed by atoms with E-state index < -0.39 is 27.9 Å². The molecule has 3 rings (SSSR count). The largest absolute Gasteiger partial charge is 0.476 e. The van der Waals surface area contributed by atoms with Crippen molar-refractivity contribution in [1.29, 1.82) is 0 Å². The van der Waals surface area contributed by atoms with Gasteiger partial charge in [0.2, 0.25) is 10.0 Å². The summed E-state index contributed by atoms with van der Waals surface area (Å²) in [4.78, 5) is 12.5. The number of fused-ring (bicyclic) bond motifs is 1. The third-order valence-corrected chi connectivity index (χ3v) is 4.93. The molecule has 1 aliphatic rings. The van der Waals surface area contributed by atoms with Crippen molar-refractivity contribution in [3.8, 4) is 5.75 Å². The molecule has 8 heteroatoms. The fraction of sp³-hybridized carbons (Fsp3) is 0.235. The number of amides is 1. The summed E-state index contributed by atoms with van der Waals surface area (Å²) >= 11 is 0. The van der Waals surface area contributed by atoms with E-state index in [2.05, 4.69) is 5.32 Å². The number of hydrogen-bond acceptors (Lipinski definition) is 4. The molecule has 1 N–H and O–H groups in total. The fourth-order valence-corrected chi connectivity index (χ4v) is 3.47. The zero-order chi connectivity index (χ0) is 18.2. The van der Waals surface area contributed by atoms with E-state index in [1.54, 1.807) is 18.2 Å². The number of rotatable bonds is 3. The molecule has 0 fully saturated rings. The van der Waals surface area contributed by atoms with Crippen molar-refractivity contribution in [2.45, 2.75) is 13.0 Å². The summed E-state index contributed by atoms with van der Waals surface area (Å²) in [6.45, 7) is 1.70. The van der Waals surface area contributed by atoms with Gasteiger partial charge in [-0.2, -0.15) is 0 Å². The summed E-state index contributed by atoms with van der Waals surface area (Å²) in [5, 5.41) is 2.60. The number of nitrogens with one attached hydrogen (secondary N) is 1. The van der Waals surface area contributed by atoms with Crippen LogP contribution in [0.2, 0.25) is 0 Å². The highest BCUT2D eigenvalue weighted by molar-refractivity contribution is 7.92. The lowest BCUT2D eigenvalue weighted by Gasteiger charge is -2.34. The Morgan fingerprint density at radius 2 is 1.92 bits per heavy atom. The van der Waals surface area contributed by atoms with E-state index in [1.807, 2.05) is 6.92 Å². The summed E-state index contributed by atoms with van der Waals surface area (Å²) in [6, 6.07) is 10.4. The number of anilines is 2. The summed E-state index contributed by atoms with van der Waals surface area (Å²) < 4.78 is 44.0. The number of hydrogen-bond donors (Lipinski definition) is 1. The van der Waals surface area contributed by atoms with Crippen LogP contribution < -0.4 is 14.4 Å². The predicted octanol–water partition coefficient (Wildman–Crippen LogP) is 2.30. The predicted molar refractivity (Wildman–Crippen MR) is 92.8 cm³/mol. The van der Waals surface area contributed by atoms with E-state index >= 15 is 0 Å². The van der Waals surface area contributed by atoms with Gasteiger partial charge in [-0.3, -0.25) is 9.10 Å². The molecular formula is C17H17FN2O4S. The molecule has 0 aromatic heterocycles. The average Bonchev–Trinajstić information content (AvgIpc) is 2.55. The van der Waals surface area contributed by atoms with E-state index in [0.717, 1.165) is 16.1 Å². The maximum absolute atomic E-state index is 12.9. The first-order chi connectivity index (χ1) is 11.7. The van der Waals surface area contributed by atoms with Gasteiger partial charge in [-0.15, -0.1) is 0 Å². The van der Waals surface area contributed by atoms with Crippen LogP contribution in [0.5, 0.6) is 5.75 Å². The molecule has 0 saturated carbocycles. The third kappa shape index (κ3) is 3.74. The van der Waals surface area contributed by atoms with Crippen LogP contribution in [-0.2, 0) is 14.8 Å². The minimum absolute atomic E-state index is 0.137. The summed E-state index contributed by atoms with van der Waals surface area (Å²) in [7, 11) is -3.58.